The summed E-state index contributed by atoms with van der Waals surface area (Å²) in [4.78, 5) is 21.5. The van der Waals surface area contributed by atoms with Crippen LogP contribution in [0.15, 0.2) is 41.7 Å². The van der Waals surface area contributed by atoms with Gasteiger partial charge in [0.1, 0.15) is 12.0 Å². The number of halogens is 1. The minimum Gasteiger partial charge on any atom is -0.340 e. The van der Waals surface area contributed by atoms with Crippen LogP contribution in [0.1, 0.15) is 11.7 Å². The highest BCUT2D eigenvalue weighted by Crippen LogP contribution is 2.31. The van der Waals surface area contributed by atoms with Crippen LogP contribution in [0.3, 0.4) is 0 Å². The summed E-state index contributed by atoms with van der Waals surface area (Å²) < 4.78 is 24.7. The van der Waals surface area contributed by atoms with Crippen molar-refractivity contribution in [2.24, 2.45) is 0 Å². The Hall–Kier alpha value is -2.19. The van der Waals surface area contributed by atoms with Crippen LogP contribution in [0, 0.1) is 5.82 Å². The molecule has 1 aromatic heterocycles. The maximum atomic E-state index is 13.2. The first kappa shape index (κ1) is 15.7. The van der Waals surface area contributed by atoms with E-state index in [0.717, 1.165) is 6.29 Å². The first-order valence-electron chi connectivity index (χ1n) is 6.99. The largest absolute Gasteiger partial charge is 0.340 e. The van der Waals surface area contributed by atoms with Crippen LogP contribution in [0.4, 0.5) is 10.1 Å². The van der Waals surface area contributed by atoms with E-state index in [1.54, 1.807) is 24.4 Å². The van der Waals surface area contributed by atoms with Crippen molar-refractivity contribution in [2.45, 2.75) is 17.4 Å². The topological polar surface area (TPSA) is 75.2 Å². The van der Waals surface area contributed by atoms with Crippen LogP contribution < -0.4 is 10.2 Å². The molecule has 0 spiro atoms. The molecule has 2 heterocycles. The molecule has 120 valence electrons. The van der Waals surface area contributed by atoms with Crippen LogP contribution in [0.5, 0.6) is 0 Å². The van der Waals surface area contributed by atoms with Crippen molar-refractivity contribution in [3.63, 3.8) is 0 Å². The lowest BCUT2D eigenvalue weighted by atomic mass is 10.1. The molecule has 1 aliphatic rings. The molecule has 1 fully saturated rings. The number of carbonyl (C=O) groups is 1. The molecule has 0 saturated carbocycles. The molecule has 1 aliphatic heterocycles. The van der Waals surface area contributed by atoms with Crippen LogP contribution in [-0.2, 0) is 15.6 Å². The normalized spacial score (nSPS) is 22.1. The Morgan fingerprint density at radius 2 is 2.09 bits per heavy atom. The Bertz CT molecular complexity index is 741. The SMILES string of the molecule is CS(=O)c1nccc(C2CNC(C=O)N2c2ccc(F)cc2)n1. The van der Waals surface area contributed by atoms with Gasteiger partial charge in [0.15, 0.2) is 6.29 Å². The predicted molar refractivity (Wildman–Crippen MR) is 83.8 cm³/mol. The van der Waals surface area contributed by atoms with Crippen LogP contribution in [0.25, 0.3) is 0 Å². The van der Waals surface area contributed by atoms with Crippen molar-refractivity contribution in [3.05, 3.63) is 48.0 Å². The number of hydrogen-bond donors (Lipinski definition) is 1. The number of nitrogens with zero attached hydrogens (tertiary/aromatic N) is 3. The third-order valence-corrected chi connectivity index (χ3v) is 4.37. The Balaban J connectivity index is 2.00. The maximum absolute atomic E-state index is 13.2. The molecule has 3 rings (SSSR count). The molecule has 23 heavy (non-hydrogen) atoms. The van der Waals surface area contributed by atoms with Gasteiger partial charge in [0.25, 0.3) is 0 Å². The second-order valence-electron chi connectivity index (χ2n) is 5.11. The fourth-order valence-electron chi connectivity index (χ4n) is 2.62. The minimum atomic E-state index is -1.29. The van der Waals surface area contributed by atoms with Crippen molar-refractivity contribution in [1.29, 1.82) is 0 Å². The standard InChI is InChI=1S/C15H15FN4O2S/c1-23(22)15-17-7-6-12(19-15)13-8-18-14(9-21)20(13)11-4-2-10(16)3-5-11/h2-7,9,13-14,18H,8H2,1H3. The number of benzene rings is 1. The molecule has 0 radical (unpaired) electrons. The van der Waals surface area contributed by atoms with Gasteiger partial charge < -0.3 is 4.90 Å². The van der Waals surface area contributed by atoms with E-state index in [1.165, 1.54) is 18.4 Å². The number of aromatic nitrogens is 2. The van der Waals surface area contributed by atoms with Gasteiger partial charge in [-0.15, -0.1) is 0 Å². The molecular formula is C15H15FN4O2S. The summed E-state index contributed by atoms with van der Waals surface area (Å²) in [6.45, 7) is 0.494. The number of rotatable bonds is 4. The second kappa shape index (κ2) is 6.51. The molecule has 0 aliphatic carbocycles. The minimum absolute atomic E-state index is 0.235. The molecule has 6 nitrogen and oxygen atoms in total. The van der Waals surface area contributed by atoms with Crippen LogP contribution in [0.2, 0.25) is 0 Å². The van der Waals surface area contributed by atoms with Crippen molar-refractivity contribution in [1.82, 2.24) is 15.3 Å². The smallest absolute Gasteiger partial charge is 0.218 e. The van der Waals surface area contributed by atoms with Crippen LogP contribution in [-0.4, -0.2) is 39.4 Å². The highest BCUT2D eigenvalue weighted by molar-refractivity contribution is 7.84. The molecule has 8 heteroatoms. The van der Waals surface area contributed by atoms with Crippen molar-refractivity contribution in [3.8, 4) is 0 Å². The monoisotopic (exact) mass is 334 g/mol. The summed E-state index contributed by atoms with van der Waals surface area (Å²) in [5, 5.41) is 3.34. The van der Waals surface area contributed by atoms with Crippen molar-refractivity contribution in [2.75, 3.05) is 17.7 Å². The van der Waals surface area contributed by atoms with Gasteiger partial charge in [-0.2, -0.15) is 0 Å². The third kappa shape index (κ3) is 3.13. The molecule has 0 amide bonds. The zero-order valence-electron chi connectivity index (χ0n) is 12.3. The van der Waals surface area contributed by atoms with Gasteiger partial charge in [0.05, 0.1) is 22.5 Å². The number of nitrogens with one attached hydrogen (secondary N) is 1. The number of anilines is 1. The van der Waals surface area contributed by atoms with E-state index in [4.69, 9.17) is 0 Å². The van der Waals surface area contributed by atoms with Crippen LogP contribution >= 0.6 is 0 Å². The van der Waals surface area contributed by atoms with E-state index in [0.29, 0.717) is 17.9 Å². The summed E-state index contributed by atoms with van der Waals surface area (Å²) >= 11 is 0. The molecule has 3 unspecified atom stereocenters. The van der Waals surface area contributed by atoms with Crippen molar-refractivity contribution < 1.29 is 13.4 Å². The van der Waals surface area contributed by atoms with Gasteiger partial charge in [0, 0.05) is 24.7 Å². The van der Waals surface area contributed by atoms with E-state index in [-0.39, 0.29) is 17.0 Å². The molecule has 2 aromatic rings. The molecule has 0 bridgehead atoms. The van der Waals surface area contributed by atoms with Gasteiger partial charge >= 0.3 is 0 Å². The average Bonchev–Trinajstić information content (AvgIpc) is 2.99. The highest BCUT2D eigenvalue weighted by atomic mass is 32.2. The summed E-state index contributed by atoms with van der Waals surface area (Å²) in [5.41, 5.74) is 1.36. The molecular weight excluding hydrogens is 319 g/mol. The molecule has 1 saturated heterocycles. The number of hydrogen-bond acceptors (Lipinski definition) is 6. The fourth-order valence-corrected chi connectivity index (χ4v) is 3.06. The zero-order chi connectivity index (χ0) is 16.4. The van der Waals surface area contributed by atoms with E-state index in [9.17, 15) is 13.4 Å². The lowest BCUT2D eigenvalue weighted by Crippen LogP contribution is -2.38. The Kier molecular flexibility index (Phi) is 4.44. The maximum Gasteiger partial charge on any atom is 0.218 e. The molecule has 3 atom stereocenters. The average molecular weight is 334 g/mol. The van der Waals surface area contributed by atoms with Gasteiger partial charge in [-0.3, -0.25) is 14.3 Å². The molecule has 1 aromatic carbocycles. The Labute approximate surface area is 135 Å². The van der Waals surface area contributed by atoms with Gasteiger partial charge in [-0.1, -0.05) is 0 Å². The first-order chi connectivity index (χ1) is 11.1. The Morgan fingerprint density at radius 1 is 1.35 bits per heavy atom. The summed E-state index contributed by atoms with van der Waals surface area (Å²) in [6, 6.07) is 7.42. The first-order valence-corrected chi connectivity index (χ1v) is 8.55. The third-order valence-electron chi connectivity index (χ3n) is 3.66. The van der Waals surface area contributed by atoms with Crippen molar-refractivity contribution >= 4 is 22.8 Å². The second-order valence-corrected chi connectivity index (χ2v) is 6.38. The summed E-state index contributed by atoms with van der Waals surface area (Å²) in [5.74, 6) is -0.342. The lowest BCUT2D eigenvalue weighted by Gasteiger charge is -2.28. The van der Waals surface area contributed by atoms with E-state index in [2.05, 4.69) is 15.3 Å². The summed E-state index contributed by atoms with van der Waals surface area (Å²) in [7, 11) is -1.29. The van der Waals surface area contributed by atoms with Gasteiger partial charge in [-0.25, -0.2) is 14.4 Å². The van der Waals surface area contributed by atoms with E-state index < -0.39 is 17.0 Å². The Morgan fingerprint density at radius 3 is 2.74 bits per heavy atom. The van der Waals surface area contributed by atoms with Gasteiger partial charge in [0.2, 0.25) is 5.16 Å². The quantitative estimate of drug-likeness (QED) is 0.665. The van der Waals surface area contributed by atoms with E-state index >= 15 is 0 Å². The molecule has 1 N–H and O–H groups in total. The van der Waals surface area contributed by atoms with E-state index in [1.807, 2.05) is 4.90 Å². The zero-order valence-corrected chi connectivity index (χ0v) is 13.2. The lowest BCUT2D eigenvalue weighted by molar-refractivity contribution is -0.109. The summed E-state index contributed by atoms with van der Waals surface area (Å²) in [6.07, 6.45) is 3.33. The highest BCUT2D eigenvalue weighted by Gasteiger charge is 2.35. The predicted octanol–water partition coefficient (Wildman–Crippen LogP) is 1.03. The number of carbonyl (C=O) groups excluding carboxylic acids is 1. The number of aldehydes is 1. The van der Waals surface area contributed by atoms with Gasteiger partial charge in [-0.05, 0) is 30.3 Å². The fraction of sp³-hybridized carbons (Fsp3) is 0.267.